The van der Waals surface area contributed by atoms with Crippen molar-refractivity contribution in [2.45, 2.75) is 71.1 Å². The molecule has 0 spiro atoms. The highest BCUT2D eigenvalue weighted by molar-refractivity contribution is 6.25. The van der Waals surface area contributed by atoms with Crippen LogP contribution in [0, 0.1) is 0 Å². The number of rotatable bonds is 12. The van der Waals surface area contributed by atoms with Gasteiger partial charge in [-0.05, 0) is 26.7 Å². The first-order valence-electron chi connectivity index (χ1n) is 8.09. The average Bonchev–Trinajstić information content (AvgIpc) is 2.51. The number of nitrogens with zero attached hydrogens (tertiary/aromatic N) is 2. The Kier molecular flexibility index (Phi) is 11.3. The van der Waals surface area contributed by atoms with Crippen LogP contribution in [0.25, 0.3) is 5.53 Å². The minimum absolute atomic E-state index is 0.0480. The molecule has 0 aliphatic heterocycles. The summed E-state index contributed by atoms with van der Waals surface area (Å²) in [6, 6.07) is -0.963. The summed E-state index contributed by atoms with van der Waals surface area (Å²) in [6.45, 7) is 5.39. The van der Waals surface area contributed by atoms with Gasteiger partial charge in [0.05, 0.1) is 6.10 Å². The molecule has 136 valence electrons. The van der Waals surface area contributed by atoms with Crippen molar-refractivity contribution in [3.8, 4) is 0 Å². The summed E-state index contributed by atoms with van der Waals surface area (Å²) < 4.78 is 10.3. The molecule has 24 heavy (non-hydrogen) atoms. The highest BCUT2D eigenvalue weighted by Gasteiger charge is 2.27. The Morgan fingerprint density at radius 1 is 1.25 bits per heavy atom. The zero-order valence-corrected chi connectivity index (χ0v) is 14.8. The lowest BCUT2D eigenvalue weighted by molar-refractivity contribution is -0.152. The Bertz CT molecular complexity index is 472. The van der Waals surface area contributed by atoms with Crippen molar-refractivity contribution in [3.05, 3.63) is 5.53 Å². The molecule has 0 aromatic heterocycles. The second kappa shape index (κ2) is 12.4. The van der Waals surface area contributed by atoms with Gasteiger partial charge in [-0.15, -0.1) is 0 Å². The molecule has 0 aliphatic carbocycles. The van der Waals surface area contributed by atoms with Crippen molar-refractivity contribution in [2.75, 3.05) is 7.11 Å². The fourth-order valence-corrected chi connectivity index (χ4v) is 1.99. The number of ether oxygens (including phenoxy) is 2. The third kappa shape index (κ3) is 9.17. The minimum Gasteiger partial charge on any atom is -0.461 e. The van der Waals surface area contributed by atoms with E-state index in [2.05, 4.69) is 10.1 Å². The number of amides is 1. The first-order valence-corrected chi connectivity index (χ1v) is 8.09. The lowest BCUT2D eigenvalue weighted by atomic mass is 10.1. The monoisotopic (exact) mass is 341 g/mol. The van der Waals surface area contributed by atoms with Crippen molar-refractivity contribution in [3.63, 3.8) is 0 Å². The van der Waals surface area contributed by atoms with Crippen LogP contribution in [0.3, 0.4) is 0 Å². The Balaban J connectivity index is 4.89. The Hall–Kier alpha value is -2.05. The number of unbranched alkanes of at least 4 members (excludes halogenated alkanes) is 1. The van der Waals surface area contributed by atoms with E-state index in [-0.39, 0.29) is 18.9 Å². The van der Waals surface area contributed by atoms with Crippen LogP contribution in [0.2, 0.25) is 0 Å². The highest BCUT2D eigenvalue weighted by Crippen LogP contribution is 2.08. The number of methoxy groups -OCH3 is 1. The lowest BCUT2D eigenvalue weighted by Gasteiger charge is -2.21. The molecule has 0 fully saturated rings. The average molecular weight is 341 g/mol. The molecule has 1 amide bonds. The number of esters is 1. The standard InChI is InChI=1S/C16H27N3O5/c1-5-6-7-14(23-4)15(21)19-13(16(22)24-11(2)3)9-8-12(20)10-18-17/h10-11,13-14H,5-9H2,1-4H3,(H,19,21)/t13-,14-/m0/s1. The van der Waals surface area contributed by atoms with Gasteiger partial charge in [0.25, 0.3) is 0 Å². The maximum absolute atomic E-state index is 12.3. The van der Waals surface area contributed by atoms with Crippen LogP contribution in [0.5, 0.6) is 0 Å². The number of carbonyl (C=O) groups excluding carboxylic acids is 3. The van der Waals surface area contributed by atoms with Crippen LogP contribution in [-0.2, 0) is 23.9 Å². The van der Waals surface area contributed by atoms with Crippen molar-refractivity contribution in [1.29, 1.82) is 0 Å². The van der Waals surface area contributed by atoms with E-state index in [9.17, 15) is 14.4 Å². The van der Waals surface area contributed by atoms with Crippen LogP contribution < -0.4 is 5.32 Å². The van der Waals surface area contributed by atoms with Gasteiger partial charge in [0.2, 0.25) is 11.7 Å². The fourth-order valence-electron chi connectivity index (χ4n) is 1.99. The number of carbonyl (C=O) groups is 3. The minimum atomic E-state index is -0.963. The highest BCUT2D eigenvalue weighted by atomic mass is 16.5. The lowest BCUT2D eigenvalue weighted by Crippen LogP contribution is -2.47. The van der Waals surface area contributed by atoms with Gasteiger partial charge in [-0.25, -0.2) is 4.79 Å². The first-order chi connectivity index (χ1) is 11.3. The van der Waals surface area contributed by atoms with Crippen molar-refractivity contribution < 1.29 is 28.6 Å². The van der Waals surface area contributed by atoms with Crippen molar-refractivity contribution >= 4 is 23.9 Å². The number of hydrogen-bond acceptors (Lipinski definition) is 5. The molecular formula is C16H27N3O5. The zero-order valence-electron chi connectivity index (χ0n) is 14.8. The molecule has 0 rings (SSSR count). The second-order valence-corrected chi connectivity index (χ2v) is 5.66. The Morgan fingerprint density at radius 2 is 1.92 bits per heavy atom. The molecule has 8 heteroatoms. The summed E-state index contributed by atoms with van der Waals surface area (Å²) in [4.78, 5) is 38.4. The van der Waals surface area contributed by atoms with Gasteiger partial charge < -0.3 is 20.3 Å². The number of nitrogens with one attached hydrogen (secondary N) is 1. The van der Waals surface area contributed by atoms with E-state index in [1.807, 2.05) is 6.92 Å². The third-order valence-electron chi connectivity index (χ3n) is 3.23. The van der Waals surface area contributed by atoms with Gasteiger partial charge in [-0.2, -0.15) is 4.79 Å². The molecule has 0 heterocycles. The molecule has 2 atom stereocenters. The smallest absolute Gasteiger partial charge is 0.328 e. The topological polar surface area (TPSA) is 118 Å². The van der Waals surface area contributed by atoms with Gasteiger partial charge in [0.1, 0.15) is 12.1 Å². The molecule has 0 aromatic carbocycles. The van der Waals surface area contributed by atoms with Crippen molar-refractivity contribution in [2.24, 2.45) is 0 Å². The molecule has 0 saturated carbocycles. The summed E-state index contributed by atoms with van der Waals surface area (Å²) >= 11 is 0. The van der Waals surface area contributed by atoms with Crippen LogP contribution in [0.4, 0.5) is 0 Å². The van der Waals surface area contributed by atoms with Gasteiger partial charge in [-0.1, -0.05) is 19.8 Å². The Labute approximate surface area is 142 Å². The van der Waals surface area contributed by atoms with Crippen LogP contribution in [-0.4, -0.2) is 54.0 Å². The summed E-state index contributed by atoms with van der Waals surface area (Å²) in [5.74, 6) is -1.49. The van der Waals surface area contributed by atoms with Crippen LogP contribution in [0.1, 0.15) is 52.9 Å². The van der Waals surface area contributed by atoms with Crippen molar-refractivity contribution in [1.82, 2.24) is 5.32 Å². The predicted molar refractivity (Wildman–Crippen MR) is 87.4 cm³/mol. The molecule has 0 radical (unpaired) electrons. The predicted octanol–water partition coefficient (Wildman–Crippen LogP) is 1.28. The van der Waals surface area contributed by atoms with E-state index < -0.39 is 29.8 Å². The van der Waals surface area contributed by atoms with E-state index in [0.717, 1.165) is 19.1 Å². The molecule has 0 aliphatic rings. The van der Waals surface area contributed by atoms with Gasteiger partial charge >= 0.3 is 12.2 Å². The molecule has 8 nitrogen and oxygen atoms in total. The maximum atomic E-state index is 12.3. The normalized spacial score (nSPS) is 12.9. The maximum Gasteiger partial charge on any atom is 0.328 e. The summed E-state index contributed by atoms with van der Waals surface area (Å²) in [5.41, 5.74) is 8.33. The zero-order chi connectivity index (χ0) is 18.5. The fraction of sp³-hybridized carbons (Fsp3) is 0.750. The van der Waals surface area contributed by atoms with Crippen LogP contribution in [0.15, 0.2) is 0 Å². The van der Waals surface area contributed by atoms with Gasteiger partial charge in [0, 0.05) is 13.5 Å². The van der Waals surface area contributed by atoms with Gasteiger partial charge in [0.15, 0.2) is 0 Å². The summed E-state index contributed by atoms with van der Waals surface area (Å²) in [6.07, 6.45) is 2.02. The first kappa shape index (κ1) is 21.9. The van der Waals surface area contributed by atoms with E-state index in [1.165, 1.54) is 7.11 Å². The van der Waals surface area contributed by atoms with Gasteiger partial charge in [-0.3, -0.25) is 9.59 Å². The number of hydrogen-bond donors (Lipinski definition) is 1. The number of Topliss-reactive ketones (excluding diaryl/α,β-unsaturated/α-hetero) is 1. The second-order valence-electron chi connectivity index (χ2n) is 5.66. The molecule has 0 saturated heterocycles. The molecule has 1 N–H and O–H groups in total. The molecule has 0 unspecified atom stereocenters. The molecule has 0 aromatic rings. The summed E-state index contributed by atoms with van der Waals surface area (Å²) in [5, 5.41) is 2.58. The Morgan fingerprint density at radius 3 is 2.42 bits per heavy atom. The van der Waals surface area contributed by atoms with E-state index >= 15 is 0 Å². The van der Waals surface area contributed by atoms with E-state index in [1.54, 1.807) is 13.8 Å². The molecule has 0 bridgehead atoms. The van der Waals surface area contributed by atoms with Crippen LogP contribution >= 0.6 is 0 Å². The third-order valence-corrected chi connectivity index (χ3v) is 3.23. The molecular weight excluding hydrogens is 314 g/mol. The number of ketones is 1. The SMILES string of the molecule is CCCC[C@H](OC)C(=O)N[C@@H](CCC(=O)C=[N+]=[N-])C(=O)OC(C)C. The largest absolute Gasteiger partial charge is 0.461 e. The quantitative estimate of drug-likeness (QED) is 0.248. The summed E-state index contributed by atoms with van der Waals surface area (Å²) in [7, 11) is 1.43. The van der Waals surface area contributed by atoms with E-state index in [4.69, 9.17) is 15.0 Å². The van der Waals surface area contributed by atoms with E-state index in [0.29, 0.717) is 6.42 Å².